The van der Waals surface area contributed by atoms with E-state index in [1.807, 2.05) is 30.5 Å². The molecular weight excluding hydrogens is 839 g/mol. The van der Waals surface area contributed by atoms with Gasteiger partial charge in [-0.1, -0.05) is 12.1 Å². The summed E-state index contributed by atoms with van der Waals surface area (Å²) in [5.74, 6) is 3.25. The monoisotopic (exact) mass is 885 g/mol. The van der Waals surface area contributed by atoms with E-state index in [9.17, 15) is 13.5 Å². The van der Waals surface area contributed by atoms with E-state index in [0.29, 0.717) is 56.7 Å². The molecule has 3 aliphatic rings. The van der Waals surface area contributed by atoms with Gasteiger partial charge in [-0.15, -0.1) is 22.7 Å². The van der Waals surface area contributed by atoms with Crippen molar-refractivity contribution in [3.05, 3.63) is 58.7 Å². The highest BCUT2D eigenvalue weighted by atomic mass is 32.2. The minimum absolute atomic E-state index is 0.211. The predicted octanol–water partition coefficient (Wildman–Crippen LogP) is 3.94. The summed E-state index contributed by atoms with van der Waals surface area (Å²) in [5, 5.41) is 18.6. The van der Waals surface area contributed by atoms with E-state index in [1.165, 1.54) is 22.5 Å². The second-order valence-electron chi connectivity index (χ2n) is 15.7. The Kier molecular flexibility index (Phi) is 11.6. The first-order valence-electron chi connectivity index (χ1n) is 20.1. The van der Waals surface area contributed by atoms with Crippen molar-refractivity contribution in [1.29, 1.82) is 0 Å². The van der Waals surface area contributed by atoms with Crippen molar-refractivity contribution in [2.45, 2.75) is 26.0 Å². The van der Waals surface area contributed by atoms with Crippen molar-refractivity contribution in [3.8, 4) is 22.8 Å². The van der Waals surface area contributed by atoms with Crippen LogP contribution in [0.25, 0.3) is 54.1 Å². The van der Waals surface area contributed by atoms with Crippen LogP contribution in [0.15, 0.2) is 48.9 Å². The predicted molar refractivity (Wildman–Crippen MR) is 238 cm³/mol. The lowest BCUT2D eigenvalue weighted by Gasteiger charge is -2.32. The summed E-state index contributed by atoms with van der Waals surface area (Å²) in [5.41, 5.74) is 9.00. The number of thiophene rings is 2. The number of morpholine rings is 2. The number of nitrogens with zero attached hydrogens (tertiary/aromatic N) is 11. The van der Waals surface area contributed by atoms with E-state index in [2.05, 4.69) is 45.9 Å². The molecule has 0 spiro atoms. The zero-order valence-corrected chi connectivity index (χ0v) is 36.6. The average molecular weight is 886 g/mol. The van der Waals surface area contributed by atoms with Crippen LogP contribution < -0.4 is 15.5 Å². The number of H-pyrrole nitrogens is 1. The fourth-order valence-corrected chi connectivity index (χ4v) is 10.6. The number of aromatic nitrogens is 8. The quantitative estimate of drug-likeness (QED) is 0.197. The molecule has 0 aliphatic carbocycles. The summed E-state index contributed by atoms with van der Waals surface area (Å²) in [6.45, 7) is 12.6. The number of sulfonamides is 1. The molecule has 3 aliphatic heterocycles. The molecule has 0 atom stereocenters. The maximum atomic E-state index is 11.8. The second-order valence-corrected chi connectivity index (χ2v) is 19.8. The molecule has 1 aromatic carbocycles. The first kappa shape index (κ1) is 41.4. The molecule has 6 aromatic heterocycles. The van der Waals surface area contributed by atoms with Crippen LogP contribution in [-0.2, 0) is 31.6 Å². The number of hydrogen-bond donors (Lipinski definition) is 3. The summed E-state index contributed by atoms with van der Waals surface area (Å²) in [7, 11) is -3.13. The van der Waals surface area contributed by atoms with Crippen LogP contribution >= 0.6 is 22.7 Å². The number of ether oxygens (including phenoxy) is 2. The Balaban J connectivity index is 0.000000163. The van der Waals surface area contributed by atoms with Gasteiger partial charge in [-0.25, -0.2) is 38.3 Å². The number of benzene rings is 1. The number of aliphatic hydroxyl groups is 1. The molecule has 61 heavy (non-hydrogen) atoms. The lowest BCUT2D eigenvalue weighted by atomic mass is 10.1. The van der Waals surface area contributed by atoms with Crippen LogP contribution in [-0.4, -0.2) is 148 Å². The van der Waals surface area contributed by atoms with Gasteiger partial charge in [0.25, 0.3) is 0 Å². The smallest absolute Gasteiger partial charge is 0.219 e. The Bertz CT molecular complexity index is 2770. The SMILES string of the molecule is CC(C)(O)c1cc2nc(-c3cnc(N)nc3)nc(N3CCOCC3)c2s1.CS(=O)(=O)N1CCN(Cc2cc3nc(-c4cccc5[nH]ncc45)nc(N4CCOCC4)c3s2)CC1. The fraction of sp³-hybridized carbons (Fsp3) is 0.425. The Morgan fingerprint density at radius 2 is 1.41 bits per heavy atom. The zero-order valence-electron chi connectivity index (χ0n) is 34.1. The van der Waals surface area contributed by atoms with Gasteiger partial charge in [-0.2, -0.15) is 9.40 Å². The Hall–Kier alpha value is -5.00. The molecule has 21 heteroatoms. The molecule has 320 valence electrons. The highest BCUT2D eigenvalue weighted by molar-refractivity contribution is 7.88. The minimum Gasteiger partial charge on any atom is -0.385 e. The molecule has 9 heterocycles. The molecule has 18 nitrogen and oxygen atoms in total. The van der Waals surface area contributed by atoms with E-state index in [-0.39, 0.29) is 5.95 Å². The molecule has 0 amide bonds. The van der Waals surface area contributed by atoms with Crippen molar-refractivity contribution >= 4 is 81.6 Å². The maximum Gasteiger partial charge on any atom is 0.219 e. The highest BCUT2D eigenvalue weighted by Gasteiger charge is 2.27. The third-order valence-corrected chi connectivity index (χ3v) is 14.7. The molecule has 0 bridgehead atoms. The molecule has 3 fully saturated rings. The van der Waals surface area contributed by atoms with Crippen LogP contribution in [0.2, 0.25) is 0 Å². The Labute approximate surface area is 360 Å². The van der Waals surface area contributed by atoms with Crippen LogP contribution in [0.5, 0.6) is 0 Å². The van der Waals surface area contributed by atoms with Crippen LogP contribution in [0.1, 0.15) is 23.6 Å². The summed E-state index contributed by atoms with van der Waals surface area (Å²) in [4.78, 5) is 36.4. The standard InChI is InChI=1S/C23H27N7O3S2.C17H20N6O2S/c1-35(31,32)30-7-5-28(6-8-30)15-16-13-20-21(34-16)23(29-9-11-33-12-10-29)26-22(25-20)17-3-2-4-19-18(17)14-24-27-19;1-17(2,24)12-7-11-13(26-12)15(23-3-5-25-6-4-23)22-14(21-11)10-8-19-16(18)20-9-10/h2-4,13-14H,5-12,15H2,1H3,(H,24,27);7-9,24H,3-6H2,1-2H3,(H2,18,19,20). The van der Waals surface area contributed by atoms with E-state index < -0.39 is 15.6 Å². The van der Waals surface area contributed by atoms with Gasteiger partial charge in [-0.05, 0) is 32.0 Å². The van der Waals surface area contributed by atoms with Crippen molar-refractivity contribution < 1.29 is 23.0 Å². The molecule has 0 unspecified atom stereocenters. The van der Waals surface area contributed by atoms with Crippen molar-refractivity contribution in [2.75, 3.05) is 101 Å². The van der Waals surface area contributed by atoms with E-state index in [0.717, 1.165) is 99.2 Å². The molecule has 0 saturated carbocycles. The second kappa shape index (κ2) is 17.0. The van der Waals surface area contributed by atoms with Crippen molar-refractivity contribution in [3.63, 3.8) is 0 Å². The van der Waals surface area contributed by atoms with E-state index in [4.69, 9.17) is 30.2 Å². The highest BCUT2D eigenvalue weighted by Crippen LogP contribution is 2.39. The van der Waals surface area contributed by atoms with E-state index >= 15 is 0 Å². The minimum atomic E-state index is -3.13. The summed E-state index contributed by atoms with van der Waals surface area (Å²) < 4.78 is 38.3. The number of rotatable bonds is 8. The maximum absolute atomic E-state index is 11.8. The molecule has 7 aromatic rings. The lowest BCUT2D eigenvalue weighted by molar-refractivity contribution is 0.0826. The largest absolute Gasteiger partial charge is 0.385 e. The van der Waals surface area contributed by atoms with Crippen LogP contribution in [0, 0.1) is 0 Å². The first-order chi connectivity index (χ1) is 29.4. The van der Waals surface area contributed by atoms with Crippen molar-refractivity contribution in [2.24, 2.45) is 0 Å². The van der Waals surface area contributed by atoms with Gasteiger partial charge in [0.2, 0.25) is 16.0 Å². The normalized spacial score (nSPS) is 17.3. The third-order valence-electron chi connectivity index (χ3n) is 10.8. The number of hydrogen-bond acceptors (Lipinski definition) is 18. The number of piperazine rings is 1. The first-order valence-corrected chi connectivity index (χ1v) is 23.5. The average Bonchev–Trinajstić information content (AvgIpc) is 4.03. The number of nitrogen functional groups attached to an aromatic ring is 1. The van der Waals surface area contributed by atoms with Crippen LogP contribution in [0.4, 0.5) is 17.6 Å². The topological polar surface area (TPSA) is 218 Å². The van der Waals surface area contributed by atoms with Gasteiger partial charge in [0.1, 0.15) is 0 Å². The molecule has 0 radical (unpaired) electrons. The molecular formula is C40H47N13O5S3. The Morgan fingerprint density at radius 3 is 2.05 bits per heavy atom. The van der Waals surface area contributed by atoms with Crippen LogP contribution in [0.3, 0.4) is 0 Å². The number of nitrogens with one attached hydrogen (secondary N) is 1. The summed E-state index contributed by atoms with van der Waals surface area (Å²) >= 11 is 3.25. The third kappa shape index (κ3) is 9.00. The van der Waals surface area contributed by atoms with Gasteiger partial charge >= 0.3 is 0 Å². The number of anilines is 3. The fourth-order valence-electron chi connectivity index (χ4n) is 7.54. The zero-order chi connectivity index (χ0) is 42.3. The lowest BCUT2D eigenvalue weighted by Crippen LogP contribution is -2.47. The molecule has 4 N–H and O–H groups in total. The summed E-state index contributed by atoms with van der Waals surface area (Å²) in [6.07, 6.45) is 6.34. The van der Waals surface area contributed by atoms with Gasteiger partial charge in [-0.3, -0.25) is 10.00 Å². The van der Waals surface area contributed by atoms with E-state index in [1.54, 1.807) is 41.9 Å². The van der Waals surface area contributed by atoms with Gasteiger partial charge in [0.15, 0.2) is 23.3 Å². The number of nitrogens with two attached hydrogens (primary N) is 1. The number of fused-ring (bicyclic) bond motifs is 3. The number of aromatic amines is 1. The molecule has 3 saturated heterocycles. The van der Waals surface area contributed by atoms with Gasteiger partial charge < -0.3 is 30.1 Å². The van der Waals surface area contributed by atoms with Gasteiger partial charge in [0.05, 0.1) is 76.0 Å². The molecule has 10 rings (SSSR count). The van der Waals surface area contributed by atoms with Gasteiger partial charge in [0, 0.05) is 92.0 Å². The Morgan fingerprint density at radius 1 is 0.803 bits per heavy atom. The van der Waals surface area contributed by atoms with Crippen molar-refractivity contribution in [1.82, 2.24) is 49.3 Å². The summed E-state index contributed by atoms with van der Waals surface area (Å²) in [6, 6.07) is 10.1.